The van der Waals surface area contributed by atoms with Gasteiger partial charge in [-0.2, -0.15) is 10.5 Å². The SMILES string of the molecule is [C-]#[N+]/C(C#N)=C1\C(=C/c2nc3sc(-c4ccccc4)nc3n2-c2ccccc2)C(=C(C#N)C#N)c2ccccc21. The molecule has 3 aromatic carbocycles. The number of imidazole rings is 1. The second-order valence-electron chi connectivity index (χ2n) is 8.68. The van der Waals surface area contributed by atoms with Crippen molar-refractivity contribution in [1.82, 2.24) is 14.5 Å². The highest BCUT2D eigenvalue weighted by Crippen LogP contribution is 2.49. The number of aromatic nitrogens is 3. The molecule has 0 fully saturated rings. The minimum atomic E-state index is -0.131. The van der Waals surface area contributed by atoms with Crippen LogP contribution in [0.15, 0.2) is 102 Å². The van der Waals surface area contributed by atoms with Crippen LogP contribution in [0, 0.1) is 40.6 Å². The Labute approximate surface area is 233 Å². The van der Waals surface area contributed by atoms with Crippen molar-refractivity contribution in [3.05, 3.63) is 130 Å². The summed E-state index contributed by atoms with van der Waals surface area (Å²) in [5, 5.41) is 30.4. The Hall–Kier alpha value is -6.06. The lowest BCUT2D eigenvalue weighted by Gasteiger charge is -2.09. The van der Waals surface area contributed by atoms with E-state index in [1.54, 1.807) is 30.3 Å². The molecule has 0 saturated heterocycles. The fraction of sp³-hybridized carbons (Fsp3) is 0. The minimum Gasteiger partial charge on any atom is -0.276 e. The van der Waals surface area contributed by atoms with Gasteiger partial charge < -0.3 is 0 Å². The first-order valence-corrected chi connectivity index (χ1v) is 12.9. The van der Waals surface area contributed by atoms with Gasteiger partial charge in [0, 0.05) is 22.4 Å². The van der Waals surface area contributed by atoms with Gasteiger partial charge in [0.2, 0.25) is 0 Å². The summed E-state index contributed by atoms with van der Waals surface area (Å²) in [7, 11) is 0. The zero-order valence-corrected chi connectivity index (χ0v) is 21.5. The fourth-order valence-corrected chi connectivity index (χ4v) is 5.76. The number of hydrogen-bond donors (Lipinski definition) is 0. The number of fused-ring (bicyclic) bond motifs is 2. The average molecular weight is 530 g/mol. The van der Waals surface area contributed by atoms with Crippen LogP contribution in [0.3, 0.4) is 0 Å². The highest BCUT2D eigenvalue weighted by atomic mass is 32.1. The zero-order chi connectivity index (χ0) is 27.6. The lowest BCUT2D eigenvalue weighted by Crippen LogP contribution is -1.99. The van der Waals surface area contributed by atoms with Crippen molar-refractivity contribution < 1.29 is 0 Å². The van der Waals surface area contributed by atoms with Gasteiger partial charge >= 0.3 is 0 Å². The molecular weight excluding hydrogens is 514 g/mol. The van der Waals surface area contributed by atoms with Crippen LogP contribution in [-0.2, 0) is 0 Å². The van der Waals surface area contributed by atoms with Crippen LogP contribution >= 0.6 is 11.3 Å². The van der Waals surface area contributed by atoms with Gasteiger partial charge in [-0.3, -0.25) is 4.57 Å². The van der Waals surface area contributed by atoms with E-state index in [-0.39, 0.29) is 11.3 Å². The van der Waals surface area contributed by atoms with E-state index in [4.69, 9.17) is 16.5 Å². The first-order valence-electron chi connectivity index (χ1n) is 12.1. The van der Waals surface area contributed by atoms with Crippen LogP contribution in [0.5, 0.6) is 0 Å². The van der Waals surface area contributed by atoms with Crippen molar-refractivity contribution in [3.63, 3.8) is 0 Å². The molecule has 0 spiro atoms. The molecule has 5 aromatic rings. The molecule has 7 nitrogen and oxygen atoms in total. The number of nitrogens with zero attached hydrogens (tertiary/aromatic N) is 7. The Kier molecular flexibility index (Phi) is 6.08. The van der Waals surface area contributed by atoms with E-state index in [0.29, 0.717) is 44.1 Å². The predicted molar refractivity (Wildman–Crippen MR) is 154 cm³/mol. The van der Waals surface area contributed by atoms with Crippen LogP contribution in [0.4, 0.5) is 0 Å². The molecule has 2 aromatic heterocycles. The molecule has 0 amide bonds. The van der Waals surface area contributed by atoms with E-state index >= 15 is 0 Å². The van der Waals surface area contributed by atoms with Gasteiger partial charge in [0.15, 0.2) is 10.5 Å². The summed E-state index contributed by atoms with van der Waals surface area (Å²) in [6.45, 7) is 7.69. The predicted octanol–water partition coefficient (Wildman–Crippen LogP) is 7.20. The van der Waals surface area contributed by atoms with Crippen molar-refractivity contribution in [2.75, 3.05) is 0 Å². The number of hydrogen-bond acceptors (Lipinski definition) is 6. The van der Waals surface area contributed by atoms with Crippen LogP contribution in [0.2, 0.25) is 0 Å². The molecule has 0 radical (unpaired) electrons. The summed E-state index contributed by atoms with van der Waals surface area (Å²) in [6.07, 6.45) is 1.74. The second kappa shape index (κ2) is 10.0. The standard InChI is InChI=1S/C32H15N7S/c1-36-26(19-35)29-24-15-9-8-14-23(24)28(21(17-33)18-34)25(29)16-27-37-32-30(39(27)22-12-6-3-7-13-22)38-31(40-32)20-10-4-2-5-11-20/h2-16H/b25-16-,29-26-. The molecule has 40 heavy (non-hydrogen) atoms. The number of para-hydroxylation sites is 1. The molecule has 0 aliphatic heterocycles. The third kappa shape index (κ3) is 3.87. The van der Waals surface area contributed by atoms with Gasteiger partial charge in [0.05, 0.1) is 12.6 Å². The van der Waals surface area contributed by atoms with Crippen molar-refractivity contribution >= 4 is 39.0 Å². The van der Waals surface area contributed by atoms with E-state index in [0.717, 1.165) is 16.3 Å². The van der Waals surface area contributed by atoms with E-state index in [9.17, 15) is 15.8 Å². The maximum Gasteiger partial charge on any atom is 0.270 e. The monoisotopic (exact) mass is 529 g/mol. The number of benzene rings is 3. The molecule has 0 bridgehead atoms. The Balaban J connectivity index is 1.69. The topological polar surface area (TPSA) is 106 Å². The van der Waals surface area contributed by atoms with Crippen molar-refractivity contribution in [2.24, 2.45) is 0 Å². The molecule has 0 unspecified atom stereocenters. The second-order valence-corrected chi connectivity index (χ2v) is 9.66. The van der Waals surface area contributed by atoms with Gasteiger partial charge in [0.1, 0.15) is 28.5 Å². The van der Waals surface area contributed by atoms with Gasteiger partial charge in [0.25, 0.3) is 5.70 Å². The first-order chi connectivity index (χ1) is 19.7. The molecule has 1 aliphatic carbocycles. The van der Waals surface area contributed by atoms with Crippen LogP contribution in [-0.4, -0.2) is 14.5 Å². The maximum atomic E-state index is 9.86. The minimum absolute atomic E-state index is 0.111. The fourth-order valence-electron chi connectivity index (χ4n) is 4.82. The van der Waals surface area contributed by atoms with Gasteiger partial charge in [-0.05, 0) is 34.9 Å². The smallest absolute Gasteiger partial charge is 0.270 e. The van der Waals surface area contributed by atoms with Gasteiger partial charge in [-0.25, -0.2) is 20.1 Å². The molecule has 8 heteroatoms. The van der Waals surface area contributed by atoms with E-state index < -0.39 is 0 Å². The van der Waals surface area contributed by atoms with E-state index in [1.807, 2.05) is 83.4 Å². The van der Waals surface area contributed by atoms with Crippen LogP contribution in [0.1, 0.15) is 17.0 Å². The maximum absolute atomic E-state index is 9.86. The largest absolute Gasteiger partial charge is 0.276 e. The normalized spacial score (nSPS) is 14.2. The third-order valence-electron chi connectivity index (χ3n) is 6.49. The lowest BCUT2D eigenvalue weighted by atomic mass is 9.97. The molecular formula is C32H15N7S. The van der Waals surface area contributed by atoms with Crippen molar-refractivity contribution in [2.45, 2.75) is 0 Å². The first kappa shape index (κ1) is 24.3. The van der Waals surface area contributed by atoms with Crippen LogP contribution in [0.25, 0.3) is 48.8 Å². The van der Waals surface area contributed by atoms with E-state index in [2.05, 4.69) is 4.85 Å². The Morgan fingerprint density at radius 3 is 2.05 bits per heavy atom. The average Bonchev–Trinajstić information content (AvgIpc) is 3.66. The Morgan fingerprint density at radius 1 is 0.800 bits per heavy atom. The molecule has 0 saturated carbocycles. The summed E-state index contributed by atoms with van der Waals surface area (Å²) >= 11 is 1.46. The summed E-state index contributed by atoms with van der Waals surface area (Å²) in [4.78, 5) is 14.0. The summed E-state index contributed by atoms with van der Waals surface area (Å²) in [5.74, 6) is 0.495. The number of nitriles is 3. The number of rotatable bonds is 3. The summed E-state index contributed by atoms with van der Waals surface area (Å²) in [5.41, 5.74) is 4.60. The molecule has 184 valence electrons. The summed E-state index contributed by atoms with van der Waals surface area (Å²) in [6, 6.07) is 32.7. The molecule has 2 heterocycles. The molecule has 1 aliphatic rings. The third-order valence-corrected chi connectivity index (χ3v) is 7.48. The molecule has 0 N–H and O–H groups in total. The highest BCUT2D eigenvalue weighted by molar-refractivity contribution is 7.21. The van der Waals surface area contributed by atoms with Gasteiger partial charge in [-0.15, -0.1) is 0 Å². The quantitative estimate of drug-likeness (QED) is 0.181. The van der Waals surface area contributed by atoms with Gasteiger partial charge in [-0.1, -0.05) is 84.1 Å². The number of thiazole rings is 1. The summed E-state index contributed by atoms with van der Waals surface area (Å²) < 4.78 is 1.91. The Bertz CT molecular complexity index is 1980. The highest BCUT2D eigenvalue weighted by Gasteiger charge is 2.32. The van der Waals surface area contributed by atoms with Crippen LogP contribution < -0.4 is 0 Å². The van der Waals surface area contributed by atoms with Crippen molar-refractivity contribution in [3.8, 4) is 34.5 Å². The number of allylic oxidation sites excluding steroid dienone is 5. The zero-order valence-electron chi connectivity index (χ0n) is 20.7. The van der Waals surface area contributed by atoms with E-state index in [1.165, 1.54) is 11.3 Å². The lowest BCUT2D eigenvalue weighted by molar-refractivity contribution is 1.05. The van der Waals surface area contributed by atoms with Crippen molar-refractivity contribution in [1.29, 1.82) is 15.8 Å². The molecule has 0 atom stereocenters. The Morgan fingerprint density at radius 2 is 1.43 bits per heavy atom. The molecule has 6 rings (SSSR count).